The quantitative estimate of drug-likeness (QED) is 0.830. The smallest absolute Gasteiger partial charge is 0.162 e. The monoisotopic (exact) mass is 287 g/mol. The van der Waals surface area contributed by atoms with Crippen molar-refractivity contribution in [3.63, 3.8) is 0 Å². The van der Waals surface area contributed by atoms with E-state index < -0.39 is 9.84 Å². The summed E-state index contributed by atoms with van der Waals surface area (Å²) in [6.07, 6.45) is 0. The van der Waals surface area contributed by atoms with Crippen molar-refractivity contribution in [2.75, 3.05) is 31.0 Å². The molecule has 1 aromatic carbocycles. The molecule has 1 N–H and O–H groups in total. The topological polar surface area (TPSA) is 64.6 Å². The molecule has 1 atom stereocenters. The van der Waals surface area contributed by atoms with Crippen LogP contribution in [0.5, 0.6) is 11.5 Å². The predicted molar refractivity (Wildman–Crippen MR) is 77.0 cm³/mol. The molecule has 6 heteroatoms. The summed E-state index contributed by atoms with van der Waals surface area (Å²) in [6.45, 7) is 3.49. The van der Waals surface area contributed by atoms with Crippen molar-refractivity contribution in [1.82, 2.24) is 0 Å². The molecule has 1 unspecified atom stereocenters. The van der Waals surface area contributed by atoms with Crippen LogP contribution in [0.4, 0.5) is 5.69 Å². The number of hydrogen-bond acceptors (Lipinski definition) is 5. The lowest BCUT2D eigenvalue weighted by Crippen LogP contribution is -2.26. The van der Waals surface area contributed by atoms with E-state index in [2.05, 4.69) is 5.32 Å². The number of rotatable bonds is 7. The van der Waals surface area contributed by atoms with Gasteiger partial charge in [-0.05, 0) is 19.1 Å². The van der Waals surface area contributed by atoms with Gasteiger partial charge in [-0.2, -0.15) is 0 Å². The van der Waals surface area contributed by atoms with E-state index in [1.54, 1.807) is 33.3 Å². The molecule has 19 heavy (non-hydrogen) atoms. The largest absolute Gasteiger partial charge is 0.493 e. The Kier molecular flexibility index (Phi) is 5.47. The fourth-order valence-electron chi connectivity index (χ4n) is 1.75. The normalized spacial score (nSPS) is 12.8. The standard InChI is InChI=1S/C13H21NO4S/c1-5-19(15,16)9-10(2)14-11-6-7-12(17-3)13(8-11)18-4/h6-8,10,14H,5,9H2,1-4H3. The molecule has 0 saturated heterocycles. The number of benzene rings is 1. The summed E-state index contributed by atoms with van der Waals surface area (Å²) in [4.78, 5) is 0. The van der Waals surface area contributed by atoms with Crippen LogP contribution in [0.2, 0.25) is 0 Å². The van der Waals surface area contributed by atoms with Gasteiger partial charge in [0, 0.05) is 23.5 Å². The zero-order valence-corrected chi connectivity index (χ0v) is 12.6. The molecule has 0 aliphatic rings. The molecule has 0 aromatic heterocycles. The molecule has 0 heterocycles. The van der Waals surface area contributed by atoms with Gasteiger partial charge in [-0.15, -0.1) is 0 Å². The molecule has 0 amide bonds. The molecule has 5 nitrogen and oxygen atoms in total. The highest BCUT2D eigenvalue weighted by molar-refractivity contribution is 7.91. The summed E-state index contributed by atoms with van der Waals surface area (Å²) < 4.78 is 33.4. The fourth-order valence-corrected chi connectivity index (χ4v) is 2.83. The van der Waals surface area contributed by atoms with Gasteiger partial charge >= 0.3 is 0 Å². The van der Waals surface area contributed by atoms with Crippen LogP contribution >= 0.6 is 0 Å². The highest BCUT2D eigenvalue weighted by atomic mass is 32.2. The van der Waals surface area contributed by atoms with Crippen molar-refractivity contribution in [2.45, 2.75) is 19.9 Å². The minimum Gasteiger partial charge on any atom is -0.493 e. The van der Waals surface area contributed by atoms with Gasteiger partial charge in [-0.1, -0.05) is 6.92 Å². The van der Waals surface area contributed by atoms with Gasteiger partial charge in [0.05, 0.1) is 20.0 Å². The van der Waals surface area contributed by atoms with Gasteiger partial charge in [0.15, 0.2) is 21.3 Å². The Balaban J connectivity index is 2.77. The molecule has 0 spiro atoms. The number of anilines is 1. The second kappa shape index (κ2) is 6.65. The van der Waals surface area contributed by atoms with Gasteiger partial charge < -0.3 is 14.8 Å². The Morgan fingerprint density at radius 1 is 1.21 bits per heavy atom. The van der Waals surface area contributed by atoms with E-state index in [9.17, 15) is 8.42 Å². The molecule has 1 rings (SSSR count). The van der Waals surface area contributed by atoms with Gasteiger partial charge in [0.1, 0.15) is 0 Å². The van der Waals surface area contributed by atoms with E-state index in [-0.39, 0.29) is 17.5 Å². The lowest BCUT2D eigenvalue weighted by Gasteiger charge is -2.16. The predicted octanol–water partition coefficient (Wildman–Crippen LogP) is 1.94. The second-order valence-electron chi connectivity index (χ2n) is 4.31. The molecular formula is C13H21NO4S. The Morgan fingerprint density at radius 3 is 2.37 bits per heavy atom. The SMILES string of the molecule is CCS(=O)(=O)CC(C)Nc1ccc(OC)c(OC)c1. The van der Waals surface area contributed by atoms with E-state index in [0.29, 0.717) is 11.5 Å². The zero-order chi connectivity index (χ0) is 14.5. The summed E-state index contributed by atoms with van der Waals surface area (Å²) in [7, 11) is 0.147. The van der Waals surface area contributed by atoms with Crippen molar-refractivity contribution in [1.29, 1.82) is 0 Å². The van der Waals surface area contributed by atoms with Crippen molar-refractivity contribution in [2.24, 2.45) is 0 Å². The van der Waals surface area contributed by atoms with Crippen molar-refractivity contribution in [3.8, 4) is 11.5 Å². The molecule has 0 radical (unpaired) electrons. The van der Waals surface area contributed by atoms with E-state index in [1.807, 2.05) is 13.0 Å². The average Bonchev–Trinajstić information content (AvgIpc) is 2.37. The third kappa shape index (κ3) is 4.63. The molecule has 0 saturated carbocycles. The van der Waals surface area contributed by atoms with Gasteiger partial charge in [0.2, 0.25) is 0 Å². The summed E-state index contributed by atoms with van der Waals surface area (Å²) in [5, 5.41) is 3.14. The first-order chi connectivity index (χ1) is 8.91. The molecule has 0 aliphatic carbocycles. The molecule has 0 aliphatic heterocycles. The van der Waals surface area contributed by atoms with Crippen LogP contribution in [0.3, 0.4) is 0 Å². The Labute approximate surface area is 114 Å². The van der Waals surface area contributed by atoms with Gasteiger partial charge in [-0.3, -0.25) is 0 Å². The maximum Gasteiger partial charge on any atom is 0.162 e. The Hall–Kier alpha value is -1.43. The number of methoxy groups -OCH3 is 2. The first-order valence-electron chi connectivity index (χ1n) is 6.10. The molecule has 1 aromatic rings. The maximum atomic E-state index is 11.5. The number of sulfone groups is 1. The lowest BCUT2D eigenvalue weighted by molar-refractivity contribution is 0.355. The van der Waals surface area contributed by atoms with E-state index in [4.69, 9.17) is 9.47 Å². The van der Waals surface area contributed by atoms with Crippen LogP contribution < -0.4 is 14.8 Å². The van der Waals surface area contributed by atoms with Crippen molar-refractivity contribution in [3.05, 3.63) is 18.2 Å². The Bertz CT molecular complexity index is 513. The summed E-state index contributed by atoms with van der Waals surface area (Å²) in [5.74, 6) is 1.52. The molecular weight excluding hydrogens is 266 g/mol. The third-order valence-corrected chi connectivity index (χ3v) is 4.63. The zero-order valence-electron chi connectivity index (χ0n) is 11.8. The molecule has 0 bridgehead atoms. The minimum absolute atomic E-state index is 0.109. The lowest BCUT2D eigenvalue weighted by atomic mass is 10.2. The van der Waals surface area contributed by atoms with E-state index >= 15 is 0 Å². The summed E-state index contributed by atoms with van der Waals surface area (Å²) in [6, 6.07) is 5.23. The number of hydrogen-bond donors (Lipinski definition) is 1. The number of nitrogens with one attached hydrogen (secondary N) is 1. The van der Waals surface area contributed by atoms with Gasteiger partial charge in [-0.25, -0.2) is 8.42 Å². The fraction of sp³-hybridized carbons (Fsp3) is 0.538. The molecule has 108 valence electrons. The van der Waals surface area contributed by atoms with E-state index in [1.165, 1.54) is 0 Å². The van der Waals surface area contributed by atoms with Crippen LogP contribution in [0, 0.1) is 0 Å². The van der Waals surface area contributed by atoms with Crippen LogP contribution in [0.1, 0.15) is 13.8 Å². The van der Waals surface area contributed by atoms with Crippen LogP contribution in [-0.4, -0.2) is 40.2 Å². The number of ether oxygens (including phenoxy) is 2. The third-order valence-electron chi connectivity index (χ3n) is 2.74. The van der Waals surface area contributed by atoms with Crippen LogP contribution in [-0.2, 0) is 9.84 Å². The first-order valence-corrected chi connectivity index (χ1v) is 7.93. The van der Waals surface area contributed by atoms with Crippen LogP contribution in [0.25, 0.3) is 0 Å². The van der Waals surface area contributed by atoms with Crippen molar-refractivity contribution < 1.29 is 17.9 Å². The minimum atomic E-state index is -2.99. The average molecular weight is 287 g/mol. The van der Waals surface area contributed by atoms with Crippen LogP contribution in [0.15, 0.2) is 18.2 Å². The maximum absolute atomic E-state index is 11.5. The highest BCUT2D eigenvalue weighted by Gasteiger charge is 2.14. The highest BCUT2D eigenvalue weighted by Crippen LogP contribution is 2.29. The second-order valence-corrected chi connectivity index (χ2v) is 6.71. The summed E-state index contributed by atoms with van der Waals surface area (Å²) in [5.41, 5.74) is 0.802. The van der Waals surface area contributed by atoms with Crippen molar-refractivity contribution >= 4 is 15.5 Å². The Morgan fingerprint density at radius 2 is 1.84 bits per heavy atom. The first kappa shape index (κ1) is 15.6. The van der Waals surface area contributed by atoms with Gasteiger partial charge in [0.25, 0.3) is 0 Å². The van der Waals surface area contributed by atoms with E-state index in [0.717, 1.165) is 5.69 Å². The molecule has 0 fully saturated rings. The summed E-state index contributed by atoms with van der Waals surface area (Å²) >= 11 is 0.